The number of aromatic hydroxyl groups is 1. The van der Waals surface area contributed by atoms with Crippen molar-refractivity contribution < 1.29 is 9.84 Å². The van der Waals surface area contributed by atoms with Gasteiger partial charge >= 0.3 is 0 Å². The molecule has 0 radical (unpaired) electrons. The lowest BCUT2D eigenvalue weighted by Crippen LogP contribution is -2.17. The van der Waals surface area contributed by atoms with E-state index in [4.69, 9.17) is 4.74 Å². The third kappa shape index (κ3) is 2.33. The van der Waals surface area contributed by atoms with E-state index < -0.39 is 0 Å². The third-order valence-corrected chi connectivity index (χ3v) is 4.74. The highest BCUT2D eigenvalue weighted by Crippen LogP contribution is 2.37. The molecule has 0 amide bonds. The molecule has 0 aromatic heterocycles. The normalized spacial score (nSPS) is 17.1. The molecule has 1 N–H and O–H groups in total. The maximum atomic E-state index is 9.87. The summed E-state index contributed by atoms with van der Waals surface area (Å²) in [6.45, 7) is 1.74. The first-order valence-electron chi connectivity index (χ1n) is 6.30. The van der Waals surface area contributed by atoms with Crippen molar-refractivity contribution in [1.82, 2.24) is 0 Å². The monoisotopic (exact) mass is 260 g/mol. The van der Waals surface area contributed by atoms with E-state index in [0.717, 1.165) is 36.8 Å². The average Bonchev–Trinajstić information content (AvgIpc) is 2.44. The Hall–Kier alpha value is -1.19. The van der Waals surface area contributed by atoms with Gasteiger partial charge in [-0.2, -0.15) is 0 Å². The van der Waals surface area contributed by atoms with Crippen molar-refractivity contribution >= 4 is 22.5 Å². The molecule has 1 heterocycles. The Balaban J connectivity index is 1.94. The number of benzene rings is 2. The molecule has 1 aliphatic rings. The van der Waals surface area contributed by atoms with Crippen molar-refractivity contribution in [1.29, 1.82) is 0 Å². The SMILES string of the molecule is Oc1ccc(SC2CCOCC2)c2ccccc12. The quantitative estimate of drug-likeness (QED) is 0.890. The van der Waals surface area contributed by atoms with Crippen LogP contribution in [0.2, 0.25) is 0 Å². The minimum absolute atomic E-state index is 0.363. The van der Waals surface area contributed by atoms with Crippen LogP contribution in [0.5, 0.6) is 5.75 Å². The van der Waals surface area contributed by atoms with Crippen LogP contribution in [0.15, 0.2) is 41.3 Å². The Morgan fingerprint density at radius 1 is 1.00 bits per heavy atom. The third-order valence-electron chi connectivity index (χ3n) is 3.32. The van der Waals surface area contributed by atoms with Gasteiger partial charge in [0, 0.05) is 28.7 Å². The van der Waals surface area contributed by atoms with Crippen LogP contribution in [0.3, 0.4) is 0 Å². The lowest BCUT2D eigenvalue weighted by Gasteiger charge is -2.22. The van der Waals surface area contributed by atoms with Gasteiger partial charge in [-0.15, -0.1) is 11.8 Å². The standard InChI is InChI=1S/C15H16O2S/c16-14-5-6-15(13-4-2-1-3-12(13)14)18-11-7-9-17-10-8-11/h1-6,11,16H,7-10H2. The fraction of sp³-hybridized carbons (Fsp3) is 0.333. The van der Waals surface area contributed by atoms with Gasteiger partial charge in [-0.1, -0.05) is 24.3 Å². The molecule has 0 aliphatic carbocycles. The molecule has 94 valence electrons. The molecule has 2 aromatic rings. The molecule has 1 saturated heterocycles. The first-order chi connectivity index (χ1) is 8.84. The number of phenols is 1. The summed E-state index contributed by atoms with van der Waals surface area (Å²) < 4.78 is 5.39. The number of phenolic OH excluding ortho intramolecular Hbond substituents is 1. The molecule has 3 heteroatoms. The Labute approximate surface area is 111 Å². The smallest absolute Gasteiger partial charge is 0.123 e. The van der Waals surface area contributed by atoms with Crippen LogP contribution >= 0.6 is 11.8 Å². The Morgan fingerprint density at radius 2 is 1.72 bits per heavy atom. The fourth-order valence-electron chi connectivity index (χ4n) is 2.33. The van der Waals surface area contributed by atoms with Gasteiger partial charge in [0.2, 0.25) is 0 Å². The molecule has 0 atom stereocenters. The molecule has 3 rings (SSSR count). The Morgan fingerprint density at radius 3 is 2.50 bits per heavy atom. The van der Waals surface area contributed by atoms with Crippen molar-refractivity contribution in [2.24, 2.45) is 0 Å². The Kier molecular flexibility index (Phi) is 3.43. The second-order valence-corrected chi connectivity index (χ2v) is 5.90. The molecule has 1 fully saturated rings. The largest absolute Gasteiger partial charge is 0.507 e. The van der Waals surface area contributed by atoms with E-state index in [0.29, 0.717) is 11.0 Å². The highest BCUT2D eigenvalue weighted by Gasteiger charge is 2.16. The van der Waals surface area contributed by atoms with Crippen LogP contribution in [-0.4, -0.2) is 23.6 Å². The molecule has 0 bridgehead atoms. The zero-order valence-corrected chi connectivity index (χ0v) is 11.0. The van der Waals surface area contributed by atoms with Gasteiger partial charge in [-0.05, 0) is 30.4 Å². The van der Waals surface area contributed by atoms with Crippen molar-refractivity contribution in [3.05, 3.63) is 36.4 Å². The summed E-state index contributed by atoms with van der Waals surface area (Å²) in [5.41, 5.74) is 0. The zero-order valence-electron chi connectivity index (χ0n) is 10.1. The van der Waals surface area contributed by atoms with Gasteiger partial charge in [0.15, 0.2) is 0 Å². The predicted octanol–water partition coefficient (Wildman–Crippen LogP) is 3.82. The summed E-state index contributed by atoms with van der Waals surface area (Å²) in [6, 6.07) is 11.9. The van der Waals surface area contributed by atoms with Gasteiger partial charge in [0.05, 0.1) is 0 Å². The van der Waals surface area contributed by atoms with E-state index in [1.807, 2.05) is 36.0 Å². The second kappa shape index (κ2) is 5.21. The molecular formula is C15H16O2S. The predicted molar refractivity (Wildman–Crippen MR) is 75.3 cm³/mol. The summed E-state index contributed by atoms with van der Waals surface area (Å²) in [7, 11) is 0. The number of fused-ring (bicyclic) bond motifs is 1. The molecule has 0 spiro atoms. The number of ether oxygens (including phenoxy) is 1. The number of thioether (sulfide) groups is 1. The summed E-state index contributed by atoms with van der Waals surface area (Å²) in [5, 5.41) is 12.6. The van der Waals surface area contributed by atoms with E-state index in [-0.39, 0.29) is 0 Å². The van der Waals surface area contributed by atoms with Crippen LogP contribution < -0.4 is 0 Å². The second-order valence-electron chi connectivity index (χ2n) is 4.56. The van der Waals surface area contributed by atoms with Gasteiger partial charge in [-0.3, -0.25) is 0 Å². The first kappa shape index (κ1) is 11.9. The topological polar surface area (TPSA) is 29.5 Å². The van der Waals surface area contributed by atoms with Crippen molar-refractivity contribution in [2.75, 3.05) is 13.2 Å². The van der Waals surface area contributed by atoms with E-state index in [2.05, 4.69) is 6.07 Å². The van der Waals surface area contributed by atoms with E-state index in [1.54, 1.807) is 6.07 Å². The molecule has 18 heavy (non-hydrogen) atoms. The van der Waals surface area contributed by atoms with Gasteiger partial charge in [0.1, 0.15) is 5.75 Å². The van der Waals surface area contributed by atoms with Crippen LogP contribution in [0, 0.1) is 0 Å². The van der Waals surface area contributed by atoms with Crippen LogP contribution in [0.25, 0.3) is 10.8 Å². The summed E-state index contributed by atoms with van der Waals surface area (Å²) in [6.07, 6.45) is 2.22. The molecule has 1 aliphatic heterocycles. The summed E-state index contributed by atoms with van der Waals surface area (Å²) >= 11 is 1.91. The first-order valence-corrected chi connectivity index (χ1v) is 7.17. The lowest BCUT2D eigenvalue weighted by molar-refractivity contribution is 0.100. The zero-order chi connectivity index (χ0) is 12.4. The van der Waals surface area contributed by atoms with E-state index in [9.17, 15) is 5.11 Å². The van der Waals surface area contributed by atoms with Crippen molar-refractivity contribution in [2.45, 2.75) is 23.0 Å². The van der Waals surface area contributed by atoms with Crippen LogP contribution in [-0.2, 0) is 4.74 Å². The number of rotatable bonds is 2. The van der Waals surface area contributed by atoms with Crippen LogP contribution in [0.4, 0.5) is 0 Å². The summed E-state index contributed by atoms with van der Waals surface area (Å²) in [4.78, 5) is 1.26. The highest BCUT2D eigenvalue weighted by atomic mass is 32.2. The van der Waals surface area contributed by atoms with E-state index in [1.165, 1.54) is 4.90 Å². The van der Waals surface area contributed by atoms with Crippen molar-refractivity contribution in [3.8, 4) is 5.75 Å². The molecule has 0 saturated carbocycles. The highest BCUT2D eigenvalue weighted by molar-refractivity contribution is 8.00. The minimum atomic E-state index is 0.363. The number of hydrogen-bond acceptors (Lipinski definition) is 3. The average molecular weight is 260 g/mol. The van der Waals surface area contributed by atoms with Crippen LogP contribution in [0.1, 0.15) is 12.8 Å². The van der Waals surface area contributed by atoms with E-state index >= 15 is 0 Å². The summed E-state index contributed by atoms with van der Waals surface area (Å²) in [5.74, 6) is 0.363. The molecule has 2 nitrogen and oxygen atoms in total. The molecular weight excluding hydrogens is 244 g/mol. The maximum Gasteiger partial charge on any atom is 0.123 e. The van der Waals surface area contributed by atoms with Gasteiger partial charge in [-0.25, -0.2) is 0 Å². The Bertz CT molecular complexity index is 547. The van der Waals surface area contributed by atoms with Gasteiger partial charge in [0.25, 0.3) is 0 Å². The molecule has 2 aromatic carbocycles. The maximum absolute atomic E-state index is 9.87. The lowest BCUT2D eigenvalue weighted by atomic mass is 10.1. The number of hydrogen-bond donors (Lipinski definition) is 1. The fourth-order valence-corrected chi connectivity index (χ4v) is 3.57. The van der Waals surface area contributed by atoms with Crippen molar-refractivity contribution in [3.63, 3.8) is 0 Å². The molecule has 0 unspecified atom stereocenters. The van der Waals surface area contributed by atoms with Gasteiger partial charge < -0.3 is 9.84 Å². The minimum Gasteiger partial charge on any atom is -0.507 e.